The molecule has 0 atom stereocenters. The Morgan fingerprint density at radius 1 is 1.10 bits per heavy atom. The van der Waals surface area contributed by atoms with Crippen molar-refractivity contribution in [1.29, 1.82) is 0 Å². The van der Waals surface area contributed by atoms with Crippen LogP contribution in [0.3, 0.4) is 0 Å². The van der Waals surface area contributed by atoms with Gasteiger partial charge in [-0.05, 0) is 72.6 Å². The standard InChI is InChI=1S/C32H30ClFN2O2S/c1-3-20-5-7-21(8-6-20)22-9-10-23(18-37)24(16-22)17-36(26-13-11-25(35)12-14-26)32(38)31-29(33)28-19(2)4-15-27(34)30(28)39-31/h3-10,15-16,18,25-26H,1,11-14,17,35H2,2H3. The molecule has 0 radical (unpaired) electrons. The van der Waals surface area contributed by atoms with Crippen LogP contribution in [0.1, 0.15) is 62.4 Å². The average Bonchev–Trinajstić information content (AvgIpc) is 3.32. The largest absolute Gasteiger partial charge is 0.331 e. The molecule has 4 nitrogen and oxygen atoms in total. The van der Waals surface area contributed by atoms with E-state index in [9.17, 15) is 14.0 Å². The fourth-order valence-corrected chi connectivity index (χ4v) is 7.00. The molecule has 4 aromatic rings. The van der Waals surface area contributed by atoms with Gasteiger partial charge in [0, 0.05) is 29.6 Å². The molecule has 200 valence electrons. The van der Waals surface area contributed by atoms with Crippen LogP contribution >= 0.6 is 22.9 Å². The third kappa shape index (κ3) is 5.42. The van der Waals surface area contributed by atoms with Crippen molar-refractivity contribution in [1.82, 2.24) is 4.90 Å². The molecule has 3 aromatic carbocycles. The van der Waals surface area contributed by atoms with Gasteiger partial charge >= 0.3 is 0 Å². The highest BCUT2D eigenvalue weighted by molar-refractivity contribution is 7.21. The average molecular weight is 561 g/mol. The molecule has 1 aliphatic rings. The molecule has 1 amide bonds. The number of amides is 1. The number of aldehydes is 1. The molecule has 0 unspecified atom stereocenters. The first-order valence-corrected chi connectivity index (χ1v) is 14.2. The minimum Gasteiger partial charge on any atom is -0.331 e. The van der Waals surface area contributed by atoms with Crippen molar-refractivity contribution in [2.24, 2.45) is 5.73 Å². The number of nitrogens with two attached hydrogens (primary N) is 1. The number of rotatable bonds is 7. The molecule has 1 fully saturated rings. The third-order valence-corrected chi connectivity index (χ3v) is 9.34. The van der Waals surface area contributed by atoms with E-state index in [-0.39, 0.29) is 29.6 Å². The Morgan fingerprint density at radius 3 is 2.44 bits per heavy atom. The summed E-state index contributed by atoms with van der Waals surface area (Å²) in [7, 11) is 0. The Hall–Kier alpha value is -3.32. The summed E-state index contributed by atoms with van der Waals surface area (Å²) in [6.07, 6.45) is 5.72. The second-order valence-corrected chi connectivity index (χ2v) is 11.6. The van der Waals surface area contributed by atoms with Gasteiger partial charge in [-0.1, -0.05) is 66.7 Å². The van der Waals surface area contributed by atoms with Gasteiger partial charge < -0.3 is 10.6 Å². The lowest BCUT2D eigenvalue weighted by Gasteiger charge is -2.36. The topological polar surface area (TPSA) is 63.4 Å². The van der Waals surface area contributed by atoms with Crippen LogP contribution in [0, 0.1) is 12.7 Å². The Balaban J connectivity index is 1.56. The first kappa shape index (κ1) is 27.3. The predicted octanol–water partition coefficient (Wildman–Crippen LogP) is 8.04. The van der Waals surface area contributed by atoms with Crippen LogP contribution in [0.25, 0.3) is 27.3 Å². The lowest BCUT2D eigenvalue weighted by atomic mass is 9.90. The molecule has 0 saturated heterocycles. The van der Waals surface area contributed by atoms with Gasteiger partial charge in [-0.3, -0.25) is 9.59 Å². The van der Waals surface area contributed by atoms with E-state index < -0.39 is 5.82 Å². The quantitative estimate of drug-likeness (QED) is 0.233. The fraction of sp³-hybridized carbons (Fsp3) is 0.250. The molecule has 7 heteroatoms. The Labute approximate surface area is 236 Å². The van der Waals surface area contributed by atoms with E-state index in [1.807, 2.05) is 48.2 Å². The van der Waals surface area contributed by atoms with Crippen LogP contribution in [-0.2, 0) is 6.54 Å². The number of hydrogen-bond acceptors (Lipinski definition) is 4. The summed E-state index contributed by atoms with van der Waals surface area (Å²) >= 11 is 7.83. The minimum absolute atomic E-state index is 0.0699. The maximum atomic E-state index is 14.7. The maximum Gasteiger partial charge on any atom is 0.266 e. The number of aryl methyl sites for hydroxylation is 1. The number of thiophene rings is 1. The van der Waals surface area contributed by atoms with Crippen LogP contribution in [0.2, 0.25) is 5.02 Å². The van der Waals surface area contributed by atoms with Gasteiger partial charge in [0.1, 0.15) is 17.0 Å². The predicted molar refractivity (Wildman–Crippen MR) is 159 cm³/mol. The SMILES string of the molecule is C=Cc1ccc(-c2ccc(C=O)c(CN(C(=O)c3sc4c(F)ccc(C)c4c3Cl)C3CCC(N)CC3)c2)cc1. The first-order valence-electron chi connectivity index (χ1n) is 13.0. The van der Waals surface area contributed by atoms with Gasteiger partial charge in [0.15, 0.2) is 0 Å². The van der Waals surface area contributed by atoms with Crippen molar-refractivity contribution < 1.29 is 14.0 Å². The molecular formula is C32H30ClFN2O2S. The molecule has 1 aromatic heterocycles. The van der Waals surface area contributed by atoms with Crippen molar-refractivity contribution in [2.45, 2.75) is 51.2 Å². The molecule has 0 bridgehead atoms. The zero-order valence-corrected chi connectivity index (χ0v) is 23.3. The summed E-state index contributed by atoms with van der Waals surface area (Å²) in [4.78, 5) is 28.3. The molecule has 1 aliphatic carbocycles. The van der Waals surface area contributed by atoms with Gasteiger partial charge in [0.05, 0.1) is 9.72 Å². The van der Waals surface area contributed by atoms with E-state index >= 15 is 0 Å². The lowest BCUT2D eigenvalue weighted by molar-refractivity contribution is 0.0610. The second-order valence-electron chi connectivity index (χ2n) is 10.2. The molecule has 1 heterocycles. The molecule has 0 spiro atoms. The van der Waals surface area contributed by atoms with Crippen molar-refractivity contribution in [3.63, 3.8) is 0 Å². The van der Waals surface area contributed by atoms with Gasteiger partial charge in [0.25, 0.3) is 5.91 Å². The molecule has 1 saturated carbocycles. The number of carbonyl (C=O) groups excluding carboxylic acids is 2. The van der Waals surface area contributed by atoms with E-state index in [2.05, 4.69) is 6.58 Å². The van der Waals surface area contributed by atoms with Gasteiger partial charge in [-0.2, -0.15) is 0 Å². The summed E-state index contributed by atoms with van der Waals surface area (Å²) in [5.41, 5.74) is 11.2. The van der Waals surface area contributed by atoms with E-state index in [0.29, 0.717) is 20.5 Å². The van der Waals surface area contributed by atoms with Crippen LogP contribution in [0.5, 0.6) is 0 Å². The van der Waals surface area contributed by atoms with Gasteiger partial charge in [-0.15, -0.1) is 11.3 Å². The Bertz CT molecular complexity index is 1550. The molecule has 2 N–H and O–H groups in total. The summed E-state index contributed by atoms with van der Waals surface area (Å²) in [6.45, 7) is 5.90. The number of nitrogens with zero attached hydrogens (tertiary/aromatic N) is 1. The normalized spacial score (nSPS) is 17.2. The van der Waals surface area contributed by atoms with E-state index in [1.54, 1.807) is 18.2 Å². The van der Waals surface area contributed by atoms with Crippen LogP contribution in [0.15, 0.2) is 61.2 Å². The van der Waals surface area contributed by atoms with Crippen molar-refractivity contribution in [3.05, 3.63) is 99.1 Å². The van der Waals surface area contributed by atoms with Crippen LogP contribution in [-0.4, -0.2) is 29.2 Å². The lowest BCUT2D eigenvalue weighted by Crippen LogP contribution is -2.43. The highest BCUT2D eigenvalue weighted by Gasteiger charge is 2.32. The highest BCUT2D eigenvalue weighted by Crippen LogP contribution is 2.40. The number of hydrogen-bond donors (Lipinski definition) is 1. The second kappa shape index (κ2) is 11.4. The van der Waals surface area contributed by atoms with E-state index in [4.69, 9.17) is 17.3 Å². The fourth-order valence-electron chi connectivity index (χ4n) is 5.37. The zero-order valence-electron chi connectivity index (χ0n) is 21.8. The van der Waals surface area contributed by atoms with Gasteiger partial charge in [0.2, 0.25) is 0 Å². The smallest absolute Gasteiger partial charge is 0.266 e. The monoisotopic (exact) mass is 560 g/mol. The molecule has 0 aliphatic heterocycles. The van der Waals surface area contributed by atoms with Crippen molar-refractivity contribution in [3.8, 4) is 11.1 Å². The number of halogens is 2. The summed E-state index contributed by atoms with van der Waals surface area (Å²) in [5, 5.41) is 0.857. The Kier molecular flexibility index (Phi) is 7.98. The van der Waals surface area contributed by atoms with E-state index in [1.165, 1.54) is 6.07 Å². The molecular weight excluding hydrogens is 531 g/mol. The number of carbonyl (C=O) groups is 2. The van der Waals surface area contributed by atoms with Crippen molar-refractivity contribution in [2.75, 3.05) is 0 Å². The zero-order chi connectivity index (χ0) is 27.7. The molecule has 5 rings (SSSR count). The maximum absolute atomic E-state index is 14.7. The third-order valence-electron chi connectivity index (χ3n) is 7.67. The summed E-state index contributed by atoms with van der Waals surface area (Å²) < 4.78 is 15.1. The van der Waals surface area contributed by atoms with Crippen LogP contribution < -0.4 is 5.73 Å². The first-order chi connectivity index (χ1) is 18.8. The molecule has 39 heavy (non-hydrogen) atoms. The highest BCUT2D eigenvalue weighted by atomic mass is 35.5. The minimum atomic E-state index is -0.393. The summed E-state index contributed by atoms with van der Waals surface area (Å²) in [6, 6.07) is 16.8. The number of benzene rings is 3. The summed E-state index contributed by atoms with van der Waals surface area (Å²) in [5.74, 6) is -0.645. The van der Waals surface area contributed by atoms with Gasteiger partial charge in [-0.25, -0.2) is 4.39 Å². The van der Waals surface area contributed by atoms with Crippen LogP contribution in [0.4, 0.5) is 4.39 Å². The van der Waals surface area contributed by atoms with E-state index in [0.717, 1.165) is 71.1 Å². The van der Waals surface area contributed by atoms with Crippen molar-refractivity contribution >= 4 is 51.3 Å². The Morgan fingerprint density at radius 2 is 1.79 bits per heavy atom. The number of fused-ring (bicyclic) bond motifs is 1.